The second-order valence-electron chi connectivity index (χ2n) is 7.94. The highest BCUT2D eigenvalue weighted by atomic mass is 16.5. The maximum atomic E-state index is 13.6. The number of hydrogen-bond acceptors (Lipinski definition) is 4. The summed E-state index contributed by atoms with van der Waals surface area (Å²) in [6.45, 7) is 6.51. The number of benzene rings is 2. The van der Waals surface area contributed by atoms with Crippen molar-refractivity contribution in [1.29, 1.82) is 0 Å². The summed E-state index contributed by atoms with van der Waals surface area (Å²) in [5.41, 5.74) is 3.28. The average molecular weight is 422 g/mol. The van der Waals surface area contributed by atoms with Crippen LogP contribution in [0.5, 0.6) is 5.75 Å². The molecule has 0 spiro atoms. The molecular weight excluding hydrogens is 390 g/mol. The lowest BCUT2D eigenvalue weighted by molar-refractivity contribution is 0.0673. The van der Waals surface area contributed by atoms with Crippen LogP contribution < -0.4 is 4.74 Å². The number of nitrogens with zero attached hydrogens (tertiary/aromatic N) is 3. The Bertz CT molecular complexity index is 965. The predicted molar refractivity (Wildman–Crippen MR) is 122 cm³/mol. The molecule has 0 saturated heterocycles. The molecule has 1 aromatic heterocycles. The van der Waals surface area contributed by atoms with Crippen LogP contribution >= 0.6 is 0 Å². The normalized spacial score (nSPS) is 11.0. The van der Waals surface area contributed by atoms with Gasteiger partial charge in [0.2, 0.25) is 0 Å². The third kappa shape index (κ3) is 5.95. The Balaban J connectivity index is 1.99. The zero-order valence-corrected chi connectivity index (χ0v) is 18.7. The molecule has 164 valence electrons. The maximum Gasteiger partial charge on any atom is 0.257 e. The molecule has 2 aromatic carbocycles. The maximum absolute atomic E-state index is 13.6. The molecule has 0 aliphatic carbocycles. The van der Waals surface area contributed by atoms with Gasteiger partial charge >= 0.3 is 0 Å². The van der Waals surface area contributed by atoms with Crippen LogP contribution in [0, 0.1) is 5.92 Å². The van der Waals surface area contributed by atoms with Crippen molar-refractivity contribution >= 4 is 5.91 Å². The summed E-state index contributed by atoms with van der Waals surface area (Å²) < 4.78 is 12.4. The van der Waals surface area contributed by atoms with E-state index in [9.17, 15) is 4.79 Å². The molecule has 0 unspecified atom stereocenters. The van der Waals surface area contributed by atoms with Crippen molar-refractivity contribution in [1.82, 2.24) is 14.7 Å². The lowest BCUT2D eigenvalue weighted by Crippen LogP contribution is -2.36. The molecule has 0 N–H and O–H groups in total. The highest BCUT2D eigenvalue weighted by Gasteiger charge is 2.24. The molecule has 0 bridgehead atoms. The highest BCUT2D eigenvalue weighted by Crippen LogP contribution is 2.26. The van der Waals surface area contributed by atoms with E-state index in [2.05, 4.69) is 26.0 Å². The molecule has 0 fully saturated rings. The number of ether oxygens (including phenoxy) is 2. The lowest BCUT2D eigenvalue weighted by atomic mass is 10.1. The Hall–Kier alpha value is -3.12. The molecular formula is C25H31N3O3. The van der Waals surface area contributed by atoms with Crippen molar-refractivity contribution < 1.29 is 14.3 Å². The smallest absolute Gasteiger partial charge is 0.257 e. The van der Waals surface area contributed by atoms with Crippen molar-refractivity contribution in [3.63, 3.8) is 0 Å². The molecule has 0 radical (unpaired) electrons. The fourth-order valence-electron chi connectivity index (χ4n) is 3.48. The number of rotatable bonds is 10. The average Bonchev–Trinajstić information content (AvgIpc) is 3.20. The van der Waals surface area contributed by atoms with E-state index in [4.69, 9.17) is 14.6 Å². The topological polar surface area (TPSA) is 56.6 Å². The summed E-state index contributed by atoms with van der Waals surface area (Å²) in [4.78, 5) is 15.4. The quantitative estimate of drug-likeness (QED) is 0.488. The molecule has 31 heavy (non-hydrogen) atoms. The van der Waals surface area contributed by atoms with Crippen LogP contribution in [0.25, 0.3) is 11.3 Å². The Morgan fingerprint density at radius 3 is 2.39 bits per heavy atom. The molecule has 3 aromatic rings. The standard InChI is InChI=1S/C25H31N3O3/c1-19(2)16-27(14-15-30-3)25(29)23-18-28(17-20-8-6-5-7-9-20)26-24(23)21-10-12-22(31-4)13-11-21/h5-13,18-19H,14-17H2,1-4H3. The second-order valence-corrected chi connectivity index (χ2v) is 7.94. The van der Waals surface area contributed by atoms with Gasteiger partial charge in [0.1, 0.15) is 11.4 Å². The van der Waals surface area contributed by atoms with Crippen molar-refractivity contribution in [2.24, 2.45) is 5.92 Å². The minimum atomic E-state index is -0.0316. The number of methoxy groups -OCH3 is 2. The number of hydrogen-bond donors (Lipinski definition) is 0. The van der Waals surface area contributed by atoms with E-state index in [1.807, 2.05) is 58.2 Å². The van der Waals surface area contributed by atoms with Gasteiger partial charge in [0.25, 0.3) is 5.91 Å². The zero-order valence-electron chi connectivity index (χ0n) is 18.7. The predicted octanol–water partition coefficient (Wildman–Crippen LogP) is 4.35. The van der Waals surface area contributed by atoms with Gasteiger partial charge in [0.15, 0.2) is 0 Å². The first-order valence-electron chi connectivity index (χ1n) is 10.6. The summed E-state index contributed by atoms with van der Waals surface area (Å²) in [6, 6.07) is 17.8. The molecule has 1 heterocycles. The first-order valence-corrected chi connectivity index (χ1v) is 10.6. The molecule has 6 nitrogen and oxygen atoms in total. The van der Waals surface area contributed by atoms with E-state index in [-0.39, 0.29) is 5.91 Å². The van der Waals surface area contributed by atoms with Gasteiger partial charge in [0.05, 0.1) is 25.8 Å². The van der Waals surface area contributed by atoms with Gasteiger partial charge < -0.3 is 14.4 Å². The largest absolute Gasteiger partial charge is 0.497 e. The molecule has 1 amide bonds. The van der Waals surface area contributed by atoms with Crippen LogP contribution in [-0.4, -0.2) is 54.5 Å². The fraction of sp³-hybridized carbons (Fsp3) is 0.360. The summed E-state index contributed by atoms with van der Waals surface area (Å²) in [5.74, 6) is 1.09. The Morgan fingerprint density at radius 1 is 1.06 bits per heavy atom. The van der Waals surface area contributed by atoms with E-state index in [0.29, 0.717) is 43.4 Å². The van der Waals surface area contributed by atoms with Crippen molar-refractivity contribution in [2.45, 2.75) is 20.4 Å². The van der Waals surface area contributed by atoms with Gasteiger partial charge in [-0.15, -0.1) is 0 Å². The van der Waals surface area contributed by atoms with E-state index < -0.39 is 0 Å². The van der Waals surface area contributed by atoms with Crippen LogP contribution in [0.4, 0.5) is 0 Å². The highest BCUT2D eigenvalue weighted by molar-refractivity contribution is 5.99. The first kappa shape index (κ1) is 22.6. The fourth-order valence-corrected chi connectivity index (χ4v) is 3.48. The van der Waals surface area contributed by atoms with Crippen LogP contribution in [0.2, 0.25) is 0 Å². The van der Waals surface area contributed by atoms with Crippen LogP contribution in [0.15, 0.2) is 60.8 Å². The van der Waals surface area contributed by atoms with Crippen LogP contribution in [0.1, 0.15) is 29.8 Å². The molecule has 0 atom stereocenters. The Labute approximate surface area is 184 Å². The zero-order chi connectivity index (χ0) is 22.2. The van der Waals surface area contributed by atoms with Crippen LogP contribution in [-0.2, 0) is 11.3 Å². The Morgan fingerprint density at radius 2 is 1.77 bits per heavy atom. The minimum Gasteiger partial charge on any atom is -0.497 e. The van der Waals surface area contributed by atoms with Gasteiger partial charge in [-0.1, -0.05) is 44.2 Å². The second kappa shape index (κ2) is 10.8. The molecule has 0 saturated carbocycles. The Kier molecular flexibility index (Phi) is 7.84. The van der Waals surface area contributed by atoms with E-state index in [0.717, 1.165) is 16.9 Å². The van der Waals surface area contributed by atoms with Gasteiger partial charge in [-0.2, -0.15) is 5.10 Å². The SMILES string of the molecule is COCCN(CC(C)C)C(=O)c1cn(Cc2ccccc2)nc1-c1ccc(OC)cc1. The minimum absolute atomic E-state index is 0.0316. The molecule has 3 rings (SSSR count). The summed E-state index contributed by atoms with van der Waals surface area (Å²) in [6.07, 6.45) is 1.86. The number of aromatic nitrogens is 2. The summed E-state index contributed by atoms with van der Waals surface area (Å²) in [5, 5.41) is 4.79. The van der Waals surface area contributed by atoms with Gasteiger partial charge in [-0.05, 0) is 35.7 Å². The molecule has 6 heteroatoms. The number of carbonyl (C=O) groups is 1. The van der Waals surface area contributed by atoms with Crippen molar-refractivity contribution in [2.75, 3.05) is 33.9 Å². The van der Waals surface area contributed by atoms with Gasteiger partial charge in [-0.3, -0.25) is 9.48 Å². The van der Waals surface area contributed by atoms with Gasteiger partial charge in [-0.25, -0.2) is 0 Å². The number of carbonyl (C=O) groups excluding carboxylic acids is 1. The molecule has 0 aliphatic heterocycles. The van der Waals surface area contributed by atoms with E-state index >= 15 is 0 Å². The summed E-state index contributed by atoms with van der Waals surface area (Å²) >= 11 is 0. The lowest BCUT2D eigenvalue weighted by Gasteiger charge is -2.24. The third-order valence-corrected chi connectivity index (χ3v) is 4.98. The summed E-state index contributed by atoms with van der Waals surface area (Å²) in [7, 11) is 3.29. The first-order chi connectivity index (χ1) is 15.0. The molecule has 0 aliphatic rings. The number of amides is 1. The van der Waals surface area contributed by atoms with Gasteiger partial charge in [0, 0.05) is 32.0 Å². The van der Waals surface area contributed by atoms with E-state index in [1.54, 1.807) is 14.2 Å². The van der Waals surface area contributed by atoms with Crippen molar-refractivity contribution in [3.05, 3.63) is 71.9 Å². The monoisotopic (exact) mass is 421 g/mol. The van der Waals surface area contributed by atoms with E-state index in [1.165, 1.54) is 0 Å². The van der Waals surface area contributed by atoms with Crippen molar-refractivity contribution in [3.8, 4) is 17.0 Å². The van der Waals surface area contributed by atoms with Crippen LogP contribution in [0.3, 0.4) is 0 Å². The third-order valence-electron chi connectivity index (χ3n) is 4.98.